The minimum atomic E-state index is 0.00778. The predicted molar refractivity (Wildman–Crippen MR) is 76.9 cm³/mol. The maximum atomic E-state index is 6.51. The number of hydrogen-bond donors (Lipinski definition) is 1. The van der Waals surface area contributed by atoms with E-state index in [4.69, 9.17) is 10.5 Å². The average molecular weight is 250 g/mol. The Hall–Kier alpha value is -1.06. The highest BCUT2D eigenvalue weighted by Gasteiger charge is 2.36. The van der Waals surface area contributed by atoms with Gasteiger partial charge in [-0.05, 0) is 44.6 Å². The standard InChI is InChI=1S/C15H26N2O/c1-6-15(7-2,17(3)4)14(16)12-8-10-13(18-5)11-9-12/h8-11,14H,6-7,16H2,1-5H3. The van der Waals surface area contributed by atoms with Crippen molar-refractivity contribution in [3.63, 3.8) is 0 Å². The summed E-state index contributed by atoms with van der Waals surface area (Å²) in [6, 6.07) is 8.08. The summed E-state index contributed by atoms with van der Waals surface area (Å²) >= 11 is 0. The first-order valence-electron chi connectivity index (χ1n) is 6.58. The second-order valence-electron chi connectivity index (χ2n) is 4.96. The Morgan fingerprint density at radius 2 is 1.67 bits per heavy atom. The molecule has 0 heterocycles. The van der Waals surface area contributed by atoms with E-state index in [0.29, 0.717) is 0 Å². The van der Waals surface area contributed by atoms with Gasteiger partial charge in [0.1, 0.15) is 5.75 Å². The van der Waals surface area contributed by atoms with Crippen molar-refractivity contribution in [2.24, 2.45) is 5.73 Å². The zero-order valence-corrected chi connectivity index (χ0v) is 12.2. The molecule has 0 aliphatic rings. The van der Waals surface area contributed by atoms with Crippen LogP contribution < -0.4 is 10.5 Å². The van der Waals surface area contributed by atoms with Crippen LogP contribution in [0.4, 0.5) is 0 Å². The zero-order valence-electron chi connectivity index (χ0n) is 12.2. The summed E-state index contributed by atoms with van der Waals surface area (Å²) in [4.78, 5) is 2.25. The molecule has 0 saturated heterocycles. The van der Waals surface area contributed by atoms with Crippen LogP contribution in [0.2, 0.25) is 0 Å². The van der Waals surface area contributed by atoms with Gasteiger partial charge < -0.3 is 15.4 Å². The predicted octanol–water partition coefficient (Wildman–Crippen LogP) is 2.82. The molecule has 0 bridgehead atoms. The second-order valence-corrected chi connectivity index (χ2v) is 4.96. The average Bonchev–Trinajstić information content (AvgIpc) is 2.40. The van der Waals surface area contributed by atoms with Gasteiger partial charge in [-0.3, -0.25) is 0 Å². The Balaban J connectivity index is 3.05. The fourth-order valence-electron chi connectivity index (χ4n) is 2.72. The normalized spacial score (nSPS) is 13.7. The van der Waals surface area contributed by atoms with Crippen molar-refractivity contribution in [3.05, 3.63) is 29.8 Å². The SMILES string of the molecule is CCC(CC)(C(N)c1ccc(OC)cc1)N(C)C. The van der Waals surface area contributed by atoms with Crippen molar-refractivity contribution in [1.29, 1.82) is 0 Å². The van der Waals surface area contributed by atoms with E-state index in [2.05, 4.69) is 45.0 Å². The number of methoxy groups -OCH3 is 1. The number of ether oxygens (including phenoxy) is 1. The molecule has 0 spiro atoms. The monoisotopic (exact) mass is 250 g/mol. The molecule has 0 saturated carbocycles. The molecule has 1 unspecified atom stereocenters. The van der Waals surface area contributed by atoms with E-state index in [9.17, 15) is 0 Å². The van der Waals surface area contributed by atoms with Crippen molar-refractivity contribution in [1.82, 2.24) is 4.90 Å². The third kappa shape index (κ3) is 2.68. The highest BCUT2D eigenvalue weighted by atomic mass is 16.5. The van der Waals surface area contributed by atoms with Crippen LogP contribution in [0.5, 0.6) is 5.75 Å². The van der Waals surface area contributed by atoms with E-state index in [1.807, 2.05) is 12.1 Å². The van der Waals surface area contributed by atoms with Crippen LogP contribution in [0.15, 0.2) is 24.3 Å². The lowest BCUT2D eigenvalue weighted by Crippen LogP contribution is -2.51. The van der Waals surface area contributed by atoms with Gasteiger partial charge in [0, 0.05) is 11.6 Å². The van der Waals surface area contributed by atoms with Crippen LogP contribution in [0.3, 0.4) is 0 Å². The molecule has 0 radical (unpaired) electrons. The number of rotatable bonds is 6. The van der Waals surface area contributed by atoms with Gasteiger partial charge in [0.25, 0.3) is 0 Å². The lowest BCUT2D eigenvalue weighted by atomic mass is 9.80. The maximum absolute atomic E-state index is 6.51. The topological polar surface area (TPSA) is 38.5 Å². The molecule has 0 aliphatic heterocycles. The van der Waals surface area contributed by atoms with Crippen molar-refractivity contribution in [2.45, 2.75) is 38.3 Å². The van der Waals surface area contributed by atoms with E-state index in [0.717, 1.165) is 24.2 Å². The van der Waals surface area contributed by atoms with Crippen LogP contribution in [0.1, 0.15) is 38.3 Å². The van der Waals surface area contributed by atoms with Crippen LogP contribution in [0, 0.1) is 0 Å². The maximum Gasteiger partial charge on any atom is 0.118 e. The van der Waals surface area contributed by atoms with E-state index in [1.165, 1.54) is 0 Å². The number of hydrogen-bond acceptors (Lipinski definition) is 3. The Morgan fingerprint density at radius 1 is 1.17 bits per heavy atom. The molecular formula is C15H26N2O. The van der Waals surface area contributed by atoms with Gasteiger partial charge in [0.05, 0.1) is 7.11 Å². The van der Waals surface area contributed by atoms with E-state index < -0.39 is 0 Å². The number of likely N-dealkylation sites (N-methyl/N-ethyl adjacent to an activating group) is 1. The Kier molecular flexibility index (Phi) is 5.17. The Morgan fingerprint density at radius 3 is 2.00 bits per heavy atom. The fourth-order valence-corrected chi connectivity index (χ4v) is 2.72. The Labute approximate surface area is 111 Å². The van der Waals surface area contributed by atoms with Gasteiger partial charge in [0.15, 0.2) is 0 Å². The quantitative estimate of drug-likeness (QED) is 0.843. The van der Waals surface area contributed by atoms with Crippen LogP contribution in [0.25, 0.3) is 0 Å². The van der Waals surface area contributed by atoms with Crippen molar-refractivity contribution < 1.29 is 4.74 Å². The molecule has 102 valence electrons. The Bertz CT molecular complexity index is 355. The molecule has 1 atom stereocenters. The van der Waals surface area contributed by atoms with E-state index >= 15 is 0 Å². The van der Waals surface area contributed by atoms with Gasteiger partial charge in [-0.1, -0.05) is 26.0 Å². The lowest BCUT2D eigenvalue weighted by molar-refractivity contribution is 0.106. The van der Waals surface area contributed by atoms with Crippen molar-refractivity contribution >= 4 is 0 Å². The summed E-state index contributed by atoms with van der Waals surface area (Å²) < 4.78 is 5.18. The highest BCUT2D eigenvalue weighted by Crippen LogP contribution is 2.34. The molecule has 2 N–H and O–H groups in total. The zero-order chi connectivity index (χ0) is 13.8. The minimum absolute atomic E-state index is 0.00778. The summed E-state index contributed by atoms with van der Waals surface area (Å²) in [7, 11) is 5.89. The minimum Gasteiger partial charge on any atom is -0.497 e. The van der Waals surface area contributed by atoms with Gasteiger partial charge >= 0.3 is 0 Å². The third-order valence-corrected chi connectivity index (χ3v) is 4.17. The number of nitrogens with zero attached hydrogens (tertiary/aromatic N) is 1. The first kappa shape index (κ1) is 15.0. The number of benzene rings is 1. The molecule has 3 heteroatoms. The first-order valence-corrected chi connectivity index (χ1v) is 6.58. The molecule has 0 aromatic heterocycles. The first-order chi connectivity index (χ1) is 8.51. The number of nitrogens with two attached hydrogens (primary N) is 1. The van der Waals surface area contributed by atoms with E-state index in [-0.39, 0.29) is 11.6 Å². The van der Waals surface area contributed by atoms with Crippen LogP contribution in [-0.2, 0) is 0 Å². The smallest absolute Gasteiger partial charge is 0.118 e. The molecular weight excluding hydrogens is 224 g/mol. The fraction of sp³-hybridized carbons (Fsp3) is 0.600. The molecule has 18 heavy (non-hydrogen) atoms. The molecule has 1 aromatic carbocycles. The molecule has 1 rings (SSSR count). The van der Waals surface area contributed by atoms with Gasteiger partial charge in [-0.2, -0.15) is 0 Å². The molecule has 3 nitrogen and oxygen atoms in total. The molecule has 1 aromatic rings. The summed E-state index contributed by atoms with van der Waals surface area (Å²) in [6.07, 6.45) is 2.06. The molecule has 0 fully saturated rings. The summed E-state index contributed by atoms with van der Waals surface area (Å²) in [6.45, 7) is 4.40. The lowest BCUT2D eigenvalue weighted by Gasteiger charge is -2.43. The molecule has 0 amide bonds. The summed E-state index contributed by atoms with van der Waals surface area (Å²) in [5.74, 6) is 0.870. The van der Waals surface area contributed by atoms with E-state index in [1.54, 1.807) is 7.11 Å². The van der Waals surface area contributed by atoms with Crippen LogP contribution in [-0.4, -0.2) is 31.6 Å². The van der Waals surface area contributed by atoms with Gasteiger partial charge in [-0.15, -0.1) is 0 Å². The van der Waals surface area contributed by atoms with Crippen molar-refractivity contribution in [3.8, 4) is 5.75 Å². The largest absolute Gasteiger partial charge is 0.497 e. The van der Waals surface area contributed by atoms with Crippen LogP contribution >= 0.6 is 0 Å². The second kappa shape index (κ2) is 6.21. The third-order valence-electron chi connectivity index (χ3n) is 4.17. The van der Waals surface area contributed by atoms with Gasteiger partial charge in [0.2, 0.25) is 0 Å². The molecule has 0 aliphatic carbocycles. The van der Waals surface area contributed by atoms with Crippen molar-refractivity contribution in [2.75, 3.05) is 21.2 Å². The highest BCUT2D eigenvalue weighted by molar-refractivity contribution is 5.30. The summed E-state index contributed by atoms with van der Waals surface area (Å²) in [5, 5.41) is 0. The summed E-state index contributed by atoms with van der Waals surface area (Å²) in [5.41, 5.74) is 7.67. The van der Waals surface area contributed by atoms with Gasteiger partial charge in [-0.25, -0.2) is 0 Å².